The van der Waals surface area contributed by atoms with Crippen molar-refractivity contribution in [1.29, 1.82) is 0 Å². The molecule has 2 heteroatoms. The van der Waals surface area contributed by atoms with Crippen LogP contribution in [0.4, 0.5) is 0 Å². The Morgan fingerprint density at radius 1 is 1.50 bits per heavy atom. The Balaban J connectivity index is 2.82. The van der Waals surface area contributed by atoms with Gasteiger partial charge in [-0.05, 0) is 42.5 Å². The highest BCUT2D eigenvalue weighted by atomic mass is 16.3. The first-order valence-electron chi connectivity index (χ1n) is 4.88. The fraction of sp³-hybridized carbons (Fsp3) is 0.417. The summed E-state index contributed by atoms with van der Waals surface area (Å²) in [6, 6.07) is 5.37. The Kier molecular flexibility index (Phi) is 3.69. The summed E-state index contributed by atoms with van der Waals surface area (Å²) in [7, 11) is 0. The Bertz CT molecular complexity index is 318. The zero-order valence-corrected chi connectivity index (χ0v) is 8.66. The van der Waals surface area contributed by atoms with E-state index in [-0.39, 0.29) is 0 Å². The number of hydrogen-bond donors (Lipinski definition) is 1. The van der Waals surface area contributed by atoms with Gasteiger partial charge in [-0.2, -0.15) is 0 Å². The number of hydrogen-bond acceptors (Lipinski definition) is 2. The molecular formula is C12H16O2. The largest absolute Gasteiger partial charge is 0.508 e. The number of phenolic OH excluding ortho intramolecular Hbond substituents is 1. The molecule has 2 nitrogen and oxygen atoms in total. The van der Waals surface area contributed by atoms with Crippen LogP contribution in [0, 0.1) is 6.92 Å². The molecule has 0 aromatic heterocycles. The van der Waals surface area contributed by atoms with Crippen LogP contribution in [-0.2, 0) is 4.79 Å². The van der Waals surface area contributed by atoms with Crippen LogP contribution in [-0.4, -0.2) is 11.4 Å². The third-order valence-corrected chi connectivity index (χ3v) is 2.51. The molecule has 1 atom stereocenters. The van der Waals surface area contributed by atoms with Gasteiger partial charge in [-0.15, -0.1) is 0 Å². The van der Waals surface area contributed by atoms with Crippen molar-refractivity contribution in [2.75, 3.05) is 0 Å². The maximum absolute atomic E-state index is 10.2. The van der Waals surface area contributed by atoms with Gasteiger partial charge in [0, 0.05) is 6.42 Å². The highest BCUT2D eigenvalue weighted by molar-refractivity contribution is 5.49. The highest BCUT2D eigenvalue weighted by Crippen LogP contribution is 2.26. The number of carbonyl (C=O) groups is 1. The first kappa shape index (κ1) is 10.8. The minimum atomic E-state index is 0.295. The molecule has 0 radical (unpaired) electrons. The van der Waals surface area contributed by atoms with Gasteiger partial charge in [0.25, 0.3) is 0 Å². The predicted molar refractivity (Wildman–Crippen MR) is 56.6 cm³/mol. The van der Waals surface area contributed by atoms with Crippen molar-refractivity contribution in [3.63, 3.8) is 0 Å². The van der Waals surface area contributed by atoms with Crippen molar-refractivity contribution in [1.82, 2.24) is 0 Å². The molecule has 0 saturated carbocycles. The van der Waals surface area contributed by atoms with E-state index in [1.54, 1.807) is 12.1 Å². The predicted octanol–water partition coefficient (Wildman–Crippen LogP) is 2.78. The molecule has 0 fully saturated rings. The minimum absolute atomic E-state index is 0.295. The molecule has 14 heavy (non-hydrogen) atoms. The molecule has 0 bridgehead atoms. The summed E-state index contributed by atoms with van der Waals surface area (Å²) >= 11 is 0. The average molecular weight is 192 g/mol. The van der Waals surface area contributed by atoms with E-state index in [1.165, 1.54) is 5.56 Å². The van der Waals surface area contributed by atoms with E-state index in [9.17, 15) is 9.90 Å². The summed E-state index contributed by atoms with van der Waals surface area (Å²) in [6.07, 6.45) is 2.36. The maximum Gasteiger partial charge on any atom is 0.120 e. The van der Waals surface area contributed by atoms with Gasteiger partial charge in [0.05, 0.1) is 0 Å². The number of carbonyl (C=O) groups excluding carboxylic acids is 1. The van der Waals surface area contributed by atoms with Gasteiger partial charge >= 0.3 is 0 Å². The summed E-state index contributed by atoms with van der Waals surface area (Å²) in [5.74, 6) is 0.621. The molecule has 1 unspecified atom stereocenters. The van der Waals surface area contributed by atoms with E-state index in [2.05, 4.69) is 6.92 Å². The van der Waals surface area contributed by atoms with Crippen LogP contribution in [0.15, 0.2) is 18.2 Å². The molecule has 0 aliphatic carbocycles. The molecule has 1 aromatic rings. The smallest absolute Gasteiger partial charge is 0.120 e. The molecule has 0 saturated heterocycles. The second-order valence-electron chi connectivity index (χ2n) is 3.69. The summed E-state index contributed by atoms with van der Waals surface area (Å²) in [4.78, 5) is 10.2. The van der Waals surface area contributed by atoms with E-state index >= 15 is 0 Å². The third-order valence-electron chi connectivity index (χ3n) is 2.51. The maximum atomic E-state index is 10.2. The number of aryl methyl sites for hydroxylation is 1. The number of phenols is 1. The monoisotopic (exact) mass is 192 g/mol. The van der Waals surface area contributed by atoms with Crippen molar-refractivity contribution in [2.24, 2.45) is 0 Å². The van der Waals surface area contributed by atoms with Gasteiger partial charge in [-0.3, -0.25) is 0 Å². The second kappa shape index (κ2) is 4.80. The number of aromatic hydroxyl groups is 1. The first-order chi connectivity index (χ1) is 6.65. The summed E-state index contributed by atoms with van der Waals surface area (Å²) in [6.45, 7) is 4.09. The summed E-state index contributed by atoms with van der Waals surface area (Å²) < 4.78 is 0. The number of aldehydes is 1. The van der Waals surface area contributed by atoms with Crippen LogP contribution >= 0.6 is 0 Å². The van der Waals surface area contributed by atoms with Gasteiger partial charge in [0.2, 0.25) is 0 Å². The topological polar surface area (TPSA) is 37.3 Å². The lowest BCUT2D eigenvalue weighted by Gasteiger charge is -2.13. The standard InChI is InChI=1S/C12H16O2/c1-9(4-3-7-13)12-8-11(14)6-5-10(12)2/h5-9,14H,3-4H2,1-2H3. The van der Waals surface area contributed by atoms with Gasteiger partial charge in [-0.1, -0.05) is 13.0 Å². The molecule has 1 rings (SSSR count). The van der Waals surface area contributed by atoms with Crippen molar-refractivity contribution < 1.29 is 9.90 Å². The van der Waals surface area contributed by atoms with Crippen LogP contribution in [0.3, 0.4) is 0 Å². The fourth-order valence-electron chi connectivity index (χ4n) is 1.63. The lowest BCUT2D eigenvalue weighted by molar-refractivity contribution is -0.108. The Hall–Kier alpha value is -1.31. The van der Waals surface area contributed by atoms with E-state index in [4.69, 9.17) is 0 Å². The quantitative estimate of drug-likeness (QED) is 0.745. The normalized spacial score (nSPS) is 12.4. The zero-order valence-electron chi connectivity index (χ0n) is 8.66. The lowest BCUT2D eigenvalue weighted by atomic mass is 9.92. The Morgan fingerprint density at radius 2 is 2.21 bits per heavy atom. The highest BCUT2D eigenvalue weighted by Gasteiger charge is 2.08. The van der Waals surface area contributed by atoms with Crippen LogP contribution in [0.2, 0.25) is 0 Å². The zero-order chi connectivity index (χ0) is 10.6. The van der Waals surface area contributed by atoms with Crippen molar-refractivity contribution in [2.45, 2.75) is 32.6 Å². The van der Waals surface area contributed by atoms with Gasteiger partial charge in [0.1, 0.15) is 12.0 Å². The average Bonchev–Trinajstić information content (AvgIpc) is 2.18. The Labute approximate surface area is 84.6 Å². The van der Waals surface area contributed by atoms with Crippen molar-refractivity contribution in [3.05, 3.63) is 29.3 Å². The second-order valence-corrected chi connectivity index (χ2v) is 3.69. The van der Waals surface area contributed by atoms with Gasteiger partial charge in [-0.25, -0.2) is 0 Å². The van der Waals surface area contributed by atoms with E-state index in [0.29, 0.717) is 18.1 Å². The van der Waals surface area contributed by atoms with Crippen molar-refractivity contribution in [3.8, 4) is 5.75 Å². The number of rotatable bonds is 4. The molecule has 0 spiro atoms. The molecule has 1 aromatic carbocycles. The van der Waals surface area contributed by atoms with Gasteiger partial charge < -0.3 is 9.90 Å². The molecule has 1 N–H and O–H groups in total. The lowest BCUT2D eigenvalue weighted by Crippen LogP contribution is -1.96. The molecule has 0 amide bonds. The van der Waals surface area contributed by atoms with Crippen molar-refractivity contribution >= 4 is 6.29 Å². The Morgan fingerprint density at radius 3 is 2.86 bits per heavy atom. The molecule has 0 aliphatic rings. The van der Waals surface area contributed by atoms with Crippen LogP contribution in [0.1, 0.15) is 36.8 Å². The number of benzene rings is 1. The van der Waals surface area contributed by atoms with Crippen LogP contribution in [0.5, 0.6) is 5.75 Å². The molecule has 0 aliphatic heterocycles. The molecular weight excluding hydrogens is 176 g/mol. The van der Waals surface area contributed by atoms with E-state index in [1.807, 2.05) is 13.0 Å². The van der Waals surface area contributed by atoms with Crippen LogP contribution < -0.4 is 0 Å². The van der Waals surface area contributed by atoms with E-state index < -0.39 is 0 Å². The third kappa shape index (κ3) is 2.59. The fourth-order valence-corrected chi connectivity index (χ4v) is 1.63. The van der Waals surface area contributed by atoms with Crippen LogP contribution in [0.25, 0.3) is 0 Å². The summed E-state index contributed by atoms with van der Waals surface area (Å²) in [5, 5.41) is 9.34. The molecule has 0 heterocycles. The first-order valence-corrected chi connectivity index (χ1v) is 4.88. The van der Waals surface area contributed by atoms with Gasteiger partial charge in [0.15, 0.2) is 0 Å². The van der Waals surface area contributed by atoms with E-state index in [0.717, 1.165) is 18.3 Å². The summed E-state index contributed by atoms with van der Waals surface area (Å²) in [5.41, 5.74) is 2.30. The SMILES string of the molecule is Cc1ccc(O)cc1C(C)CCC=O. The molecule has 76 valence electrons. The minimum Gasteiger partial charge on any atom is -0.508 e.